The number of carbonyl (C=O) groups is 3. The van der Waals surface area contributed by atoms with E-state index < -0.39 is 11.9 Å². The van der Waals surface area contributed by atoms with Crippen LogP contribution >= 0.6 is 0 Å². The highest BCUT2D eigenvalue weighted by atomic mass is 16.5. The maximum absolute atomic E-state index is 12.1. The Morgan fingerprint density at radius 2 is 1.63 bits per heavy atom. The number of hydrogen-bond donors (Lipinski definition) is 4. The summed E-state index contributed by atoms with van der Waals surface area (Å²) < 4.78 is 11.4. The van der Waals surface area contributed by atoms with Gasteiger partial charge in [0.1, 0.15) is 22.9 Å². The highest BCUT2D eigenvalue weighted by molar-refractivity contribution is 5.99. The van der Waals surface area contributed by atoms with E-state index in [1.165, 1.54) is 6.92 Å². The molecule has 0 aliphatic carbocycles. The zero-order valence-corrected chi connectivity index (χ0v) is 16.5. The third kappa shape index (κ3) is 7.55. The molecule has 0 bridgehead atoms. The minimum absolute atomic E-state index is 0.114. The van der Waals surface area contributed by atoms with Gasteiger partial charge >= 0.3 is 6.03 Å². The normalized spacial score (nSPS) is 11.0. The molecule has 0 aliphatic rings. The average molecular weight is 412 g/mol. The molecule has 2 aromatic rings. The molecule has 2 aromatic carbocycles. The average Bonchev–Trinajstić information content (AvgIpc) is 2.73. The highest BCUT2D eigenvalue weighted by Gasteiger charge is 2.14. The fourth-order valence-corrected chi connectivity index (χ4v) is 2.32. The van der Waals surface area contributed by atoms with Crippen LogP contribution in [0.3, 0.4) is 0 Å². The van der Waals surface area contributed by atoms with Crippen molar-refractivity contribution < 1.29 is 23.9 Å². The van der Waals surface area contributed by atoms with Crippen LogP contribution < -0.4 is 31.2 Å². The van der Waals surface area contributed by atoms with E-state index in [0.717, 1.165) is 5.75 Å². The molecular formula is C21H24N4O5. The van der Waals surface area contributed by atoms with E-state index in [4.69, 9.17) is 15.2 Å². The van der Waals surface area contributed by atoms with E-state index in [0.29, 0.717) is 31.1 Å². The predicted octanol–water partition coefficient (Wildman–Crippen LogP) is 2.01. The SMILES string of the molecule is C/C(N)=C(\NC(=O)NC=O)C(=O)NCCCOc1ccc(Oc2ccccc2)cc1. The summed E-state index contributed by atoms with van der Waals surface area (Å²) in [6, 6.07) is 15.8. The van der Waals surface area contributed by atoms with Gasteiger partial charge in [0.25, 0.3) is 5.91 Å². The van der Waals surface area contributed by atoms with Crippen molar-refractivity contribution in [3.8, 4) is 17.2 Å². The number of carbonyl (C=O) groups excluding carboxylic acids is 3. The molecule has 0 radical (unpaired) electrons. The number of nitrogens with one attached hydrogen (secondary N) is 3. The Morgan fingerprint density at radius 3 is 2.27 bits per heavy atom. The topological polar surface area (TPSA) is 132 Å². The van der Waals surface area contributed by atoms with Crippen molar-refractivity contribution in [3.05, 3.63) is 66.0 Å². The summed E-state index contributed by atoms with van der Waals surface area (Å²) in [5.41, 5.74) is 5.59. The van der Waals surface area contributed by atoms with Crippen LogP contribution in [-0.2, 0) is 9.59 Å². The van der Waals surface area contributed by atoms with Crippen LogP contribution in [0.15, 0.2) is 66.0 Å². The van der Waals surface area contributed by atoms with Crippen LogP contribution in [0.2, 0.25) is 0 Å². The van der Waals surface area contributed by atoms with Gasteiger partial charge in [-0.1, -0.05) is 18.2 Å². The second-order valence-electron chi connectivity index (χ2n) is 6.12. The van der Waals surface area contributed by atoms with Crippen LogP contribution in [0.4, 0.5) is 4.79 Å². The third-order valence-electron chi connectivity index (χ3n) is 3.73. The lowest BCUT2D eigenvalue weighted by molar-refractivity contribution is -0.118. The standard InChI is InChI=1S/C21H24N4O5/c1-15(22)19(25-21(28)24-14-26)20(27)23-12-5-13-29-16-8-10-18(11-9-16)30-17-6-3-2-4-7-17/h2-4,6-11,14H,5,12-13,22H2,1H3,(H,23,27)(H2,24,25,26,28)/b19-15+. The number of allylic oxidation sites excluding steroid dienone is 1. The van der Waals surface area contributed by atoms with Crippen LogP contribution in [0.1, 0.15) is 13.3 Å². The van der Waals surface area contributed by atoms with Gasteiger partial charge in [0.2, 0.25) is 6.41 Å². The minimum atomic E-state index is -0.844. The lowest BCUT2D eigenvalue weighted by atomic mass is 10.3. The fourth-order valence-electron chi connectivity index (χ4n) is 2.32. The van der Waals surface area contributed by atoms with Gasteiger partial charge in [0, 0.05) is 12.2 Å². The number of imide groups is 1. The van der Waals surface area contributed by atoms with Crippen molar-refractivity contribution in [2.45, 2.75) is 13.3 Å². The fraction of sp³-hybridized carbons (Fsp3) is 0.190. The first-order valence-electron chi connectivity index (χ1n) is 9.21. The molecule has 0 atom stereocenters. The van der Waals surface area contributed by atoms with Gasteiger partial charge in [-0.3, -0.25) is 14.9 Å². The van der Waals surface area contributed by atoms with Gasteiger partial charge in [0.05, 0.1) is 6.61 Å². The maximum Gasteiger partial charge on any atom is 0.325 e. The number of rotatable bonds is 10. The van der Waals surface area contributed by atoms with E-state index in [-0.39, 0.29) is 17.8 Å². The molecule has 30 heavy (non-hydrogen) atoms. The number of nitrogens with two attached hydrogens (primary N) is 1. The maximum atomic E-state index is 12.1. The van der Waals surface area contributed by atoms with Gasteiger partial charge in [-0.15, -0.1) is 0 Å². The first kappa shape index (κ1) is 22.3. The van der Waals surface area contributed by atoms with E-state index in [1.54, 1.807) is 24.3 Å². The summed E-state index contributed by atoms with van der Waals surface area (Å²) in [6.45, 7) is 2.14. The molecule has 5 N–H and O–H groups in total. The molecule has 0 unspecified atom stereocenters. The predicted molar refractivity (Wildman–Crippen MR) is 111 cm³/mol. The van der Waals surface area contributed by atoms with E-state index >= 15 is 0 Å². The molecule has 9 nitrogen and oxygen atoms in total. The summed E-state index contributed by atoms with van der Waals surface area (Å²) in [5, 5.41) is 6.72. The molecule has 0 saturated heterocycles. The summed E-state index contributed by atoms with van der Waals surface area (Å²) in [4.78, 5) is 33.7. The number of benzene rings is 2. The van der Waals surface area contributed by atoms with Gasteiger partial charge in [0.15, 0.2) is 0 Å². The number of amides is 4. The number of ether oxygens (including phenoxy) is 2. The molecule has 4 amide bonds. The van der Waals surface area contributed by atoms with E-state index in [9.17, 15) is 14.4 Å². The Hall–Kier alpha value is -4.01. The monoisotopic (exact) mass is 412 g/mol. The second kappa shape index (κ2) is 11.7. The Labute approximate surface area is 174 Å². The zero-order valence-electron chi connectivity index (χ0n) is 16.5. The number of para-hydroxylation sites is 1. The molecule has 0 heterocycles. The minimum Gasteiger partial charge on any atom is -0.494 e. The summed E-state index contributed by atoms with van der Waals surface area (Å²) >= 11 is 0. The molecule has 0 saturated carbocycles. The van der Waals surface area contributed by atoms with E-state index in [2.05, 4.69) is 10.6 Å². The Morgan fingerprint density at radius 1 is 1.00 bits per heavy atom. The van der Waals surface area contributed by atoms with Crippen molar-refractivity contribution in [3.63, 3.8) is 0 Å². The molecule has 0 fully saturated rings. The largest absolute Gasteiger partial charge is 0.494 e. The van der Waals surface area contributed by atoms with Crippen molar-refractivity contribution in [1.82, 2.24) is 16.0 Å². The zero-order chi connectivity index (χ0) is 21.8. The molecule has 2 rings (SSSR count). The van der Waals surface area contributed by atoms with Crippen molar-refractivity contribution in [1.29, 1.82) is 0 Å². The van der Waals surface area contributed by atoms with Crippen molar-refractivity contribution in [2.24, 2.45) is 5.73 Å². The Kier molecular flexibility index (Phi) is 8.72. The second-order valence-corrected chi connectivity index (χ2v) is 6.12. The number of urea groups is 1. The van der Waals surface area contributed by atoms with Crippen LogP contribution in [0.25, 0.3) is 0 Å². The quantitative estimate of drug-likeness (QED) is 0.268. The first-order chi connectivity index (χ1) is 14.5. The molecule has 9 heteroatoms. The summed E-state index contributed by atoms with van der Waals surface area (Å²) in [6.07, 6.45) is 0.736. The lowest BCUT2D eigenvalue weighted by Crippen LogP contribution is -2.41. The van der Waals surface area contributed by atoms with Gasteiger partial charge in [-0.05, 0) is 49.7 Å². The van der Waals surface area contributed by atoms with Gasteiger partial charge in [-0.2, -0.15) is 0 Å². The highest BCUT2D eigenvalue weighted by Crippen LogP contribution is 2.23. The molecule has 0 spiro atoms. The van der Waals surface area contributed by atoms with Gasteiger partial charge < -0.3 is 25.8 Å². The van der Waals surface area contributed by atoms with E-state index in [1.807, 2.05) is 35.6 Å². The summed E-state index contributed by atoms with van der Waals surface area (Å²) in [7, 11) is 0. The first-order valence-corrected chi connectivity index (χ1v) is 9.21. The summed E-state index contributed by atoms with van der Waals surface area (Å²) in [5.74, 6) is 1.57. The smallest absolute Gasteiger partial charge is 0.325 e. The Balaban J connectivity index is 1.71. The van der Waals surface area contributed by atoms with Crippen LogP contribution in [0, 0.1) is 0 Å². The number of hydrogen-bond acceptors (Lipinski definition) is 6. The lowest BCUT2D eigenvalue weighted by Gasteiger charge is -2.12. The molecule has 0 aliphatic heterocycles. The molecular weight excluding hydrogens is 388 g/mol. The molecule has 158 valence electrons. The third-order valence-corrected chi connectivity index (χ3v) is 3.73. The van der Waals surface area contributed by atoms with Gasteiger partial charge in [-0.25, -0.2) is 4.79 Å². The van der Waals surface area contributed by atoms with Crippen LogP contribution in [-0.4, -0.2) is 31.5 Å². The van der Waals surface area contributed by atoms with Crippen LogP contribution in [0.5, 0.6) is 17.2 Å². The van der Waals surface area contributed by atoms with Crippen molar-refractivity contribution >= 4 is 18.3 Å². The molecule has 0 aromatic heterocycles. The Bertz CT molecular complexity index is 878. The van der Waals surface area contributed by atoms with Crippen molar-refractivity contribution in [2.75, 3.05) is 13.2 Å².